The molecule has 8 heteroatoms. The van der Waals surface area contributed by atoms with Gasteiger partial charge in [0.1, 0.15) is 0 Å². The lowest BCUT2D eigenvalue weighted by Gasteiger charge is -2.09. The summed E-state index contributed by atoms with van der Waals surface area (Å²) in [5.41, 5.74) is 3.52. The van der Waals surface area contributed by atoms with Crippen LogP contribution in [-0.2, 0) is 4.79 Å². The number of hydrogen-bond acceptors (Lipinski definition) is 3. The fraction of sp³-hybridized carbons (Fsp3) is 0.200. The highest BCUT2D eigenvalue weighted by Crippen LogP contribution is 2.15. The molecule has 1 aromatic rings. The van der Waals surface area contributed by atoms with Crippen molar-refractivity contribution in [3.05, 3.63) is 29.8 Å². The maximum Gasteiger partial charge on any atom is 0.338 e. The Morgan fingerprint density at radius 2 is 1.94 bits per heavy atom. The molecule has 98 valence electrons. The number of hydrazine groups is 1. The van der Waals surface area contributed by atoms with Crippen molar-refractivity contribution in [2.45, 2.75) is 6.42 Å². The molecule has 0 bridgehead atoms. The first-order valence-electron chi connectivity index (χ1n) is 4.95. The smallest absolute Gasteiger partial charge is 0.338 e. The van der Waals surface area contributed by atoms with E-state index >= 15 is 0 Å². The van der Waals surface area contributed by atoms with Gasteiger partial charge in [0.05, 0.1) is 18.7 Å². The first-order chi connectivity index (χ1) is 8.54. The van der Waals surface area contributed by atoms with Gasteiger partial charge in [0.15, 0.2) is 11.6 Å². The van der Waals surface area contributed by atoms with E-state index in [9.17, 15) is 18.4 Å². The Kier molecular flexibility index (Phi) is 5.00. The van der Waals surface area contributed by atoms with E-state index in [2.05, 4.69) is 0 Å². The lowest BCUT2D eigenvalue weighted by atomic mass is 10.3. The van der Waals surface area contributed by atoms with Crippen LogP contribution in [0.4, 0.5) is 19.3 Å². The van der Waals surface area contributed by atoms with Crippen molar-refractivity contribution in [1.82, 2.24) is 10.9 Å². The molecule has 3 amide bonds. The van der Waals surface area contributed by atoms with Gasteiger partial charge in [0, 0.05) is 0 Å². The van der Waals surface area contributed by atoms with Crippen LogP contribution >= 0.6 is 0 Å². The topological polar surface area (TPSA) is 90.5 Å². The maximum absolute atomic E-state index is 13.1. The highest BCUT2D eigenvalue weighted by atomic mass is 19.2. The zero-order valence-corrected chi connectivity index (χ0v) is 9.17. The van der Waals surface area contributed by atoms with Crippen LogP contribution < -0.4 is 16.2 Å². The minimum Gasteiger partial charge on any atom is -0.396 e. The van der Waals surface area contributed by atoms with Crippen molar-refractivity contribution in [3.63, 3.8) is 0 Å². The predicted molar refractivity (Wildman–Crippen MR) is 58.4 cm³/mol. The molecule has 0 saturated carbocycles. The minimum absolute atomic E-state index is 0.186. The van der Waals surface area contributed by atoms with Gasteiger partial charge >= 0.3 is 6.03 Å². The lowest BCUT2D eigenvalue weighted by Crippen LogP contribution is -2.44. The van der Waals surface area contributed by atoms with Gasteiger partial charge in [0.2, 0.25) is 5.91 Å². The van der Waals surface area contributed by atoms with Crippen LogP contribution in [0.3, 0.4) is 0 Å². The van der Waals surface area contributed by atoms with E-state index in [1.807, 2.05) is 16.2 Å². The molecule has 4 N–H and O–H groups in total. The molecule has 0 aliphatic carbocycles. The Hall–Kier alpha value is -2.22. The molecule has 6 nitrogen and oxygen atoms in total. The zero-order valence-electron chi connectivity index (χ0n) is 9.17. The number of nitrogens with one attached hydrogen (secondary N) is 3. The molecule has 0 saturated heterocycles. The van der Waals surface area contributed by atoms with Gasteiger partial charge in [-0.05, 0) is 12.1 Å². The number of benzene rings is 1. The molecular weight excluding hydrogens is 248 g/mol. The van der Waals surface area contributed by atoms with Crippen LogP contribution in [0.25, 0.3) is 0 Å². The molecule has 0 unspecified atom stereocenters. The second-order valence-electron chi connectivity index (χ2n) is 3.20. The van der Waals surface area contributed by atoms with Crippen molar-refractivity contribution in [3.8, 4) is 0 Å². The van der Waals surface area contributed by atoms with E-state index in [0.29, 0.717) is 0 Å². The van der Waals surface area contributed by atoms with Gasteiger partial charge in [-0.2, -0.15) is 0 Å². The summed E-state index contributed by atoms with van der Waals surface area (Å²) in [6, 6.07) is 2.35. The van der Waals surface area contributed by atoms with E-state index in [-0.39, 0.29) is 18.7 Å². The monoisotopic (exact) mass is 259 g/mol. The SMILES string of the molecule is O=C(CCO)NNC(=O)Nc1cccc(F)c1F. The number of urea groups is 1. The van der Waals surface area contributed by atoms with Crippen molar-refractivity contribution >= 4 is 17.6 Å². The second kappa shape index (κ2) is 6.50. The quantitative estimate of drug-likeness (QED) is 0.596. The largest absolute Gasteiger partial charge is 0.396 e. The second-order valence-corrected chi connectivity index (χ2v) is 3.20. The molecule has 0 spiro atoms. The number of amides is 3. The molecule has 0 aliphatic heterocycles. The third-order valence-corrected chi connectivity index (χ3v) is 1.85. The summed E-state index contributed by atoms with van der Waals surface area (Å²) in [4.78, 5) is 22.1. The predicted octanol–water partition coefficient (Wildman–Crippen LogP) is 0.500. The van der Waals surface area contributed by atoms with Gasteiger partial charge in [-0.25, -0.2) is 19.0 Å². The van der Waals surface area contributed by atoms with Crippen molar-refractivity contribution < 1.29 is 23.5 Å². The van der Waals surface area contributed by atoms with Gasteiger partial charge in [-0.3, -0.25) is 10.2 Å². The van der Waals surface area contributed by atoms with Crippen LogP contribution in [0.2, 0.25) is 0 Å². The molecule has 0 fully saturated rings. The van der Waals surface area contributed by atoms with Gasteiger partial charge in [-0.15, -0.1) is 0 Å². The highest BCUT2D eigenvalue weighted by molar-refractivity contribution is 5.90. The van der Waals surface area contributed by atoms with Crippen LogP contribution in [0.1, 0.15) is 6.42 Å². The molecule has 0 heterocycles. The summed E-state index contributed by atoms with van der Waals surface area (Å²) in [5.74, 6) is -2.92. The maximum atomic E-state index is 13.1. The van der Waals surface area contributed by atoms with E-state index < -0.39 is 23.6 Å². The van der Waals surface area contributed by atoms with Gasteiger partial charge in [0.25, 0.3) is 0 Å². The average molecular weight is 259 g/mol. The number of hydrogen-bond donors (Lipinski definition) is 4. The Morgan fingerprint density at radius 1 is 1.22 bits per heavy atom. The Balaban J connectivity index is 2.50. The molecular formula is C10H11F2N3O3. The number of aliphatic hydroxyl groups excluding tert-OH is 1. The standard InChI is InChI=1S/C10H11F2N3O3/c11-6-2-1-3-7(9(6)12)13-10(18)15-14-8(17)4-5-16/h1-3,16H,4-5H2,(H,14,17)(H2,13,15,18). The Bertz CT molecular complexity index is 454. The third-order valence-electron chi connectivity index (χ3n) is 1.85. The van der Waals surface area contributed by atoms with Crippen LogP contribution in [0.15, 0.2) is 18.2 Å². The molecule has 0 radical (unpaired) electrons. The Morgan fingerprint density at radius 3 is 2.61 bits per heavy atom. The molecule has 0 aromatic heterocycles. The molecule has 1 aromatic carbocycles. The number of carbonyl (C=O) groups is 2. The number of aliphatic hydroxyl groups is 1. The summed E-state index contributed by atoms with van der Waals surface area (Å²) in [6.45, 7) is -0.367. The first-order valence-corrected chi connectivity index (χ1v) is 4.95. The molecule has 0 aliphatic rings. The number of anilines is 1. The van der Waals surface area contributed by atoms with E-state index in [1.54, 1.807) is 0 Å². The summed E-state index contributed by atoms with van der Waals surface area (Å²) in [5, 5.41) is 10.4. The normalized spacial score (nSPS) is 9.72. The summed E-state index contributed by atoms with van der Waals surface area (Å²) < 4.78 is 25.9. The van der Waals surface area contributed by atoms with Crippen molar-refractivity contribution in [2.75, 3.05) is 11.9 Å². The summed E-state index contributed by atoms with van der Waals surface area (Å²) in [7, 11) is 0. The summed E-state index contributed by atoms with van der Waals surface area (Å²) in [6.07, 6.45) is -0.186. The van der Waals surface area contributed by atoms with E-state index in [0.717, 1.165) is 12.1 Å². The van der Waals surface area contributed by atoms with Crippen molar-refractivity contribution in [2.24, 2.45) is 0 Å². The number of halogens is 2. The van der Waals surface area contributed by atoms with Crippen LogP contribution in [0.5, 0.6) is 0 Å². The van der Waals surface area contributed by atoms with Crippen LogP contribution in [-0.4, -0.2) is 23.7 Å². The number of carbonyl (C=O) groups excluding carboxylic acids is 2. The van der Waals surface area contributed by atoms with E-state index in [1.165, 1.54) is 6.07 Å². The Labute approximate surface area is 101 Å². The van der Waals surface area contributed by atoms with Gasteiger partial charge < -0.3 is 10.4 Å². The van der Waals surface area contributed by atoms with E-state index in [4.69, 9.17) is 5.11 Å². The average Bonchev–Trinajstić information content (AvgIpc) is 2.33. The zero-order chi connectivity index (χ0) is 13.5. The van der Waals surface area contributed by atoms with Gasteiger partial charge in [-0.1, -0.05) is 6.07 Å². The number of rotatable bonds is 3. The van der Waals surface area contributed by atoms with Crippen LogP contribution in [0, 0.1) is 11.6 Å². The van der Waals surface area contributed by atoms with Crippen molar-refractivity contribution in [1.29, 1.82) is 0 Å². The fourth-order valence-corrected chi connectivity index (χ4v) is 1.04. The molecule has 0 atom stereocenters. The third kappa shape index (κ3) is 3.98. The highest BCUT2D eigenvalue weighted by Gasteiger charge is 2.10. The summed E-state index contributed by atoms with van der Waals surface area (Å²) >= 11 is 0. The minimum atomic E-state index is -1.20. The molecule has 18 heavy (non-hydrogen) atoms. The first kappa shape index (κ1) is 13.8. The fourth-order valence-electron chi connectivity index (χ4n) is 1.04. The molecule has 1 rings (SSSR count). The lowest BCUT2D eigenvalue weighted by molar-refractivity contribution is -0.122.